The normalized spacial score (nSPS) is 10.6. The molecule has 0 aliphatic heterocycles. The minimum atomic E-state index is 0.205. The van der Waals surface area contributed by atoms with Crippen molar-refractivity contribution in [3.05, 3.63) is 42.4 Å². The summed E-state index contributed by atoms with van der Waals surface area (Å²) in [5, 5.41) is 9.04. The molecule has 2 aromatic heterocycles. The summed E-state index contributed by atoms with van der Waals surface area (Å²) >= 11 is 0. The van der Waals surface area contributed by atoms with E-state index >= 15 is 0 Å². The molecule has 0 unspecified atom stereocenters. The van der Waals surface area contributed by atoms with Gasteiger partial charge in [-0.3, -0.25) is 4.98 Å². The summed E-state index contributed by atoms with van der Waals surface area (Å²) in [5.41, 5.74) is 8.72. The van der Waals surface area contributed by atoms with Crippen LogP contribution in [-0.2, 0) is 13.1 Å². The van der Waals surface area contributed by atoms with Crippen molar-refractivity contribution in [1.82, 2.24) is 19.5 Å². The van der Waals surface area contributed by atoms with Crippen LogP contribution in [0.1, 0.15) is 5.69 Å². The van der Waals surface area contributed by atoms with Gasteiger partial charge in [-0.15, -0.1) is 0 Å². The molecule has 2 N–H and O–H groups in total. The molecule has 0 amide bonds. The summed E-state index contributed by atoms with van der Waals surface area (Å²) < 4.78 is 1.83. The van der Waals surface area contributed by atoms with Gasteiger partial charge in [0.15, 0.2) is 5.82 Å². The molecule has 0 atom stereocenters. The minimum Gasteiger partial charge on any atom is -0.325 e. The number of nitrogens with zero attached hydrogens (tertiary/aromatic N) is 5. The number of nitriles is 1. The topological polar surface area (TPSA) is 93.4 Å². The molecule has 20 heavy (non-hydrogen) atoms. The van der Waals surface area contributed by atoms with Gasteiger partial charge in [-0.05, 0) is 12.1 Å². The largest absolute Gasteiger partial charge is 0.325 e. The van der Waals surface area contributed by atoms with E-state index in [2.05, 4.69) is 21.0 Å². The van der Waals surface area contributed by atoms with E-state index in [0.29, 0.717) is 17.2 Å². The lowest BCUT2D eigenvalue weighted by Crippen LogP contribution is -2.07. The van der Waals surface area contributed by atoms with Gasteiger partial charge in [-0.2, -0.15) is 5.26 Å². The van der Waals surface area contributed by atoms with Crippen LogP contribution < -0.4 is 5.73 Å². The maximum Gasteiger partial charge on any atom is 0.162 e. The number of benzene rings is 1. The van der Waals surface area contributed by atoms with Crippen molar-refractivity contribution in [2.45, 2.75) is 13.1 Å². The lowest BCUT2D eigenvalue weighted by Gasteiger charge is -2.06. The summed E-state index contributed by atoms with van der Waals surface area (Å²) in [6.07, 6.45) is 3.20. The highest BCUT2D eigenvalue weighted by Gasteiger charge is 2.16. The second kappa shape index (κ2) is 5.07. The number of rotatable bonds is 3. The number of aromatic nitrogens is 4. The first-order valence-electron chi connectivity index (χ1n) is 6.17. The van der Waals surface area contributed by atoms with Gasteiger partial charge < -0.3 is 10.3 Å². The van der Waals surface area contributed by atoms with E-state index in [1.54, 1.807) is 12.4 Å². The molecule has 0 fully saturated rings. The van der Waals surface area contributed by atoms with Crippen LogP contribution in [0.5, 0.6) is 0 Å². The minimum absolute atomic E-state index is 0.205. The molecule has 2 heterocycles. The summed E-state index contributed by atoms with van der Waals surface area (Å²) in [4.78, 5) is 13.1. The van der Waals surface area contributed by atoms with Gasteiger partial charge in [-0.25, -0.2) is 9.97 Å². The monoisotopic (exact) mass is 264 g/mol. The fraction of sp³-hybridized carbons (Fsp3) is 0.143. The molecule has 3 aromatic rings. The van der Waals surface area contributed by atoms with Crippen molar-refractivity contribution in [3.8, 4) is 17.6 Å². The Morgan fingerprint density at radius 3 is 2.80 bits per heavy atom. The Labute approximate surface area is 115 Å². The highest BCUT2D eigenvalue weighted by atomic mass is 15.1. The molecule has 0 spiro atoms. The van der Waals surface area contributed by atoms with E-state index in [-0.39, 0.29) is 13.1 Å². The number of para-hydroxylation sites is 2. The molecule has 6 nitrogen and oxygen atoms in total. The zero-order valence-electron chi connectivity index (χ0n) is 10.7. The van der Waals surface area contributed by atoms with Gasteiger partial charge in [0.25, 0.3) is 0 Å². The Kier molecular flexibility index (Phi) is 3.11. The second-order valence-electron chi connectivity index (χ2n) is 4.22. The number of fused-ring (bicyclic) bond motifs is 1. The molecule has 0 radical (unpaired) electrons. The standard InChI is InChI=1S/C14H12N6/c15-5-8-20-12-4-2-1-3-10(12)19-14(20)13-11(9-16)17-6-7-18-13/h1-4,6-7H,8-9,16H2. The first kappa shape index (κ1) is 12.3. The van der Waals surface area contributed by atoms with Crippen molar-refractivity contribution < 1.29 is 0 Å². The van der Waals surface area contributed by atoms with E-state index in [4.69, 9.17) is 11.0 Å². The molecule has 3 rings (SSSR count). The van der Waals surface area contributed by atoms with Crippen molar-refractivity contribution in [2.24, 2.45) is 5.73 Å². The predicted octanol–water partition coefficient (Wildman–Crippen LogP) is 1.48. The zero-order valence-corrected chi connectivity index (χ0v) is 10.7. The molecule has 0 aliphatic carbocycles. The van der Waals surface area contributed by atoms with Gasteiger partial charge in [0.1, 0.15) is 12.2 Å². The molecular weight excluding hydrogens is 252 g/mol. The molecule has 0 saturated carbocycles. The highest BCUT2D eigenvalue weighted by molar-refractivity contribution is 5.80. The van der Waals surface area contributed by atoms with E-state index in [1.165, 1.54) is 0 Å². The average molecular weight is 264 g/mol. The highest BCUT2D eigenvalue weighted by Crippen LogP contribution is 2.24. The summed E-state index contributed by atoms with van der Waals surface area (Å²) in [6, 6.07) is 9.83. The number of imidazole rings is 1. The van der Waals surface area contributed by atoms with Crippen LogP contribution in [0, 0.1) is 11.3 Å². The Balaban J connectivity index is 2.30. The van der Waals surface area contributed by atoms with Crippen molar-refractivity contribution in [3.63, 3.8) is 0 Å². The van der Waals surface area contributed by atoms with Gasteiger partial charge in [-0.1, -0.05) is 12.1 Å². The molecule has 0 bridgehead atoms. The molecule has 0 aliphatic rings. The summed E-state index contributed by atoms with van der Waals surface area (Å²) in [7, 11) is 0. The van der Waals surface area contributed by atoms with Crippen LogP contribution in [0.4, 0.5) is 0 Å². The van der Waals surface area contributed by atoms with Gasteiger partial charge >= 0.3 is 0 Å². The van der Waals surface area contributed by atoms with Crippen LogP contribution >= 0.6 is 0 Å². The third-order valence-corrected chi connectivity index (χ3v) is 3.06. The average Bonchev–Trinajstić information content (AvgIpc) is 2.86. The molecular formula is C14H12N6. The van der Waals surface area contributed by atoms with E-state index < -0.39 is 0 Å². The quantitative estimate of drug-likeness (QED) is 0.773. The Bertz CT molecular complexity index is 799. The van der Waals surface area contributed by atoms with Gasteiger partial charge in [0, 0.05) is 18.9 Å². The molecule has 98 valence electrons. The second-order valence-corrected chi connectivity index (χ2v) is 4.22. The maximum absolute atomic E-state index is 9.04. The fourth-order valence-corrected chi connectivity index (χ4v) is 2.19. The van der Waals surface area contributed by atoms with Crippen LogP contribution in [0.15, 0.2) is 36.7 Å². The Morgan fingerprint density at radius 1 is 1.20 bits per heavy atom. The van der Waals surface area contributed by atoms with Crippen LogP contribution in [0.25, 0.3) is 22.6 Å². The smallest absolute Gasteiger partial charge is 0.162 e. The third-order valence-electron chi connectivity index (χ3n) is 3.06. The number of hydrogen-bond acceptors (Lipinski definition) is 5. The molecule has 6 heteroatoms. The van der Waals surface area contributed by atoms with Gasteiger partial charge in [0.2, 0.25) is 0 Å². The first-order chi connectivity index (χ1) is 9.85. The fourth-order valence-electron chi connectivity index (χ4n) is 2.19. The SMILES string of the molecule is N#CCn1c(-c2nccnc2CN)nc2ccccc21. The van der Waals surface area contributed by atoms with E-state index in [9.17, 15) is 0 Å². The Morgan fingerprint density at radius 2 is 2.00 bits per heavy atom. The zero-order chi connectivity index (χ0) is 13.9. The predicted molar refractivity (Wildman–Crippen MR) is 74.3 cm³/mol. The summed E-state index contributed by atoms with van der Waals surface area (Å²) in [6.45, 7) is 0.482. The number of nitrogens with two attached hydrogens (primary N) is 1. The first-order valence-corrected chi connectivity index (χ1v) is 6.17. The molecule has 1 aromatic carbocycles. The van der Waals surface area contributed by atoms with Crippen molar-refractivity contribution in [1.29, 1.82) is 5.26 Å². The van der Waals surface area contributed by atoms with Crippen molar-refractivity contribution in [2.75, 3.05) is 0 Å². The van der Waals surface area contributed by atoms with Gasteiger partial charge in [0.05, 0.1) is 22.8 Å². The molecule has 0 saturated heterocycles. The summed E-state index contributed by atoms with van der Waals surface area (Å²) in [5.74, 6) is 0.626. The number of hydrogen-bond donors (Lipinski definition) is 1. The van der Waals surface area contributed by atoms with Crippen LogP contribution in [0.3, 0.4) is 0 Å². The third kappa shape index (κ3) is 1.90. The lowest BCUT2D eigenvalue weighted by molar-refractivity contribution is 0.854. The van der Waals surface area contributed by atoms with E-state index in [1.807, 2.05) is 28.8 Å². The van der Waals surface area contributed by atoms with E-state index in [0.717, 1.165) is 11.0 Å². The van der Waals surface area contributed by atoms with Crippen LogP contribution in [-0.4, -0.2) is 19.5 Å². The van der Waals surface area contributed by atoms with Crippen LogP contribution in [0.2, 0.25) is 0 Å². The maximum atomic E-state index is 9.04. The Hall–Kier alpha value is -2.78. The lowest BCUT2D eigenvalue weighted by atomic mass is 10.3. The van der Waals surface area contributed by atoms with Crippen molar-refractivity contribution >= 4 is 11.0 Å².